The number of rotatable bonds is 6. The fourth-order valence-corrected chi connectivity index (χ4v) is 1.62. The van der Waals surface area contributed by atoms with Crippen molar-refractivity contribution in [3.63, 3.8) is 0 Å². The van der Waals surface area contributed by atoms with E-state index in [0.717, 1.165) is 0 Å². The maximum atomic E-state index is 11.5. The molecule has 98 valence electrons. The topological polar surface area (TPSA) is 56.8 Å². The third-order valence-corrected chi connectivity index (χ3v) is 2.51. The van der Waals surface area contributed by atoms with Crippen LogP contribution in [0.4, 0.5) is 0 Å². The van der Waals surface area contributed by atoms with Gasteiger partial charge in [-0.2, -0.15) is 0 Å². The Hall–Kier alpha value is -1.59. The number of nitrogens with one attached hydrogen (secondary N) is 1. The molecule has 1 saturated heterocycles. The molecule has 1 N–H and O–H groups in total. The molecule has 1 aromatic carbocycles. The monoisotopic (exact) mass is 251 g/mol. The SMILES string of the molecule is O=C(COc1ccccc1)NCCC1OCCO1. The summed E-state index contributed by atoms with van der Waals surface area (Å²) in [7, 11) is 0. The van der Waals surface area contributed by atoms with Gasteiger partial charge in [0.2, 0.25) is 0 Å². The number of ether oxygens (including phenoxy) is 3. The second-order valence-electron chi connectivity index (χ2n) is 3.91. The maximum Gasteiger partial charge on any atom is 0.257 e. The van der Waals surface area contributed by atoms with Crippen LogP contribution in [-0.2, 0) is 14.3 Å². The quantitative estimate of drug-likeness (QED) is 0.817. The van der Waals surface area contributed by atoms with Crippen molar-refractivity contribution < 1.29 is 19.0 Å². The van der Waals surface area contributed by atoms with Gasteiger partial charge in [0, 0.05) is 13.0 Å². The maximum absolute atomic E-state index is 11.5. The van der Waals surface area contributed by atoms with Gasteiger partial charge in [-0.25, -0.2) is 0 Å². The number of carbonyl (C=O) groups is 1. The van der Waals surface area contributed by atoms with E-state index in [1.807, 2.05) is 30.3 Å². The molecule has 5 nitrogen and oxygen atoms in total. The highest BCUT2D eigenvalue weighted by Crippen LogP contribution is 2.08. The fraction of sp³-hybridized carbons (Fsp3) is 0.462. The lowest BCUT2D eigenvalue weighted by atomic mass is 10.3. The van der Waals surface area contributed by atoms with E-state index in [0.29, 0.717) is 31.9 Å². The molecule has 1 amide bonds. The number of benzene rings is 1. The molecule has 0 unspecified atom stereocenters. The average Bonchev–Trinajstić information content (AvgIpc) is 2.91. The van der Waals surface area contributed by atoms with Crippen molar-refractivity contribution in [1.29, 1.82) is 0 Å². The predicted octanol–water partition coefficient (Wildman–Crippen LogP) is 0.945. The molecule has 0 bridgehead atoms. The van der Waals surface area contributed by atoms with Gasteiger partial charge in [0.1, 0.15) is 5.75 Å². The van der Waals surface area contributed by atoms with Crippen molar-refractivity contribution in [3.05, 3.63) is 30.3 Å². The molecule has 0 aliphatic carbocycles. The van der Waals surface area contributed by atoms with Gasteiger partial charge in [-0.1, -0.05) is 18.2 Å². The Labute approximate surface area is 106 Å². The van der Waals surface area contributed by atoms with Crippen molar-refractivity contribution in [2.75, 3.05) is 26.4 Å². The summed E-state index contributed by atoms with van der Waals surface area (Å²) in [5, 5.41) is 2.76. The van der Waals surface area contributed by atoms with E-state index in [9.17, 15) is 4.79 Å². The molecule has 1 aliphatic rings. The number of carbonyl (C=O) groups excluding carboxylic acids is 1. The molecule has 0 spiro atoms. The van der Waals surface area contributed by atoms with Crippen molar-refractivity contribution in [2.24, 2.45) is 0 Å². The molecular formula is C13H17NO4. The second-order valence-corrected chi connectivity index (χ2v) is 3.91. The van der Waals surface area contributed by atoms with Crippen LogP contribution in [0, 0.1) is 0 Å². The van der Waals surface area contributed by atoms with Gasteiger partial charge in [-0.15, -0.1) is 0 Å². The van der Waals surface area contributed by atoms with Gasteiger partial charge in [-0.3, -0.25) is 4.79 Å². The third kappa shape index (κ3) is 4.35. The molecule has 0 radical (unpaired) electrons. The Morgan fingerprint density at radius 3 is 2.72 bits per heavy atom. The van der Waals surface area contributed by atoms with E-state index in [4.69, 9.17) is 14.2 Å². The average molecular weight is 251 g/mol. The van der Waals surface area contributed by atoms with E-state index in [-0.39, 0.29) is 18.8 Å². The standard InChI is InChI=1S/C13H17NO4/c15-12(10-18-11-4-2-1-3-5-11)14-7-6-13-16-8-9-17-13/h1-5,13H,6-10H2,(H,14,15). The summed E-state index contributed by atoms with van der Waals surface area (Å²) in [6.45, 7) is 1.82. The Kier molecular flexibility index (Phi) is 4.99. The lowest BCUT2D eigenvalue weighted by Gasteiger charge is -2.10. The number of para-hydroxylation sites is 1. The van der Waals surface area contributed by atoms with Crippen LogP contribution >= 0.6 is 0 Å². The molecule has 1 fully saturated rings. The largest absolute Gasteiger partial charge is 0.484 e. The second kappa shape index (κ2) is 6.98. The van der Waals surface area contributed by atoms with Crippen LogP contribution in [0.5, 0.6) is 5.75 Å². The van der Waals surface area contributed by atoms with Crippen molar-refractivity contribution in [2.45, 2.75) is 12.7 Å². The molecule has 1 heterocycles. The first-order valence-electron chi connectivity index (χ1n) is 6.02. The molecule has 1 aliphatic heterocycles. The third-order valence-electron chi connectivity index (χ3n) is 2.51. The Balaban J connectivity index is 1.57. The predicted molar refractivity (Wildman–Crippen MR) is 65.3 cm³/mol. The Bertz CT molecular complexity index is 363. The normalized spacial score (nSPS) is 15.6. The zero-order valence-corrected chi connectivity index (χ0v) is 10.1. The minimum Gasteiger partial charge on any atom is -0.484 e. The Morgan fingerprint density at radius 2 is 2.00 bits per heavy atom. The van der Waals surface area contributed by atoms with E-state index in [2.05, 4.69) is 5.32 Å². The minimum atomic E-state index is -0.180. The molecule has 2 rings (SSSR count). The lowest BCUT2D eigenvalue weighted by molar-refractivity contribution is -0.123. The van der Waals surface area contributed by atoms with Crippen LogP contribution in [0.2, 0.25) is 0 Å². The van der Waals surface area contributed by atoms with Gasteiger partial charge < -0.3 is 19.5 Å². The molecule has 0 aromatic heterocycles. The van der Waals surface area contributed by atoms with E-state index < -0.39 is 0 Å². The molecule has 5 heteroatoms. The van der Waals surface area contributed by atoms with Gasteiger partial charge in [-0.05, 0) is 12.1 Å². The summed E-state index contributed by atoms with van der Waals surface area (Å²) in [6, 6.07) is 9.25. The zero-order chi connectivity index (χ0) is 12.6. The highest BCUT2D eigenvalue weighted by Gasteiger charge is 2.15. The summed E-state index contributed by atoms with van der Waals surface area (Å²) in [5.41, 5.74) is 0. The smallest absolute Gasteiger partial charge is 0.257 e. The van der Waals surface area contributed by atoms with Crippen LogP contribution in [0.3, 0.4) is 0 Å². The molecule has 18 heavy (non-hydrogen) atoms. The summed E-state index contributed by atoms with van der Waals surface area (Å²) in [5.74, 6) is 0.548. The van der Waals surface area contributed by atoms with Crippen molar-refractivity contribution in [1.82, 2.24) is 5.32 Å². The minimum absolute atomic E-state index is 0.0242. The fourth-order valence-electron chi connectivity index (χ4n) is 1.62. The zero-order valence-electron chi connectivity index (χ0n) is 10.1. The van der Waals surface area contributed by atoms with Crippen LogP contribution in [-0.4, -0.2) is 38.6 Å². The first kappa shape index (κ1) is 12.9. The first-order valence-corrected chi connectivity index (χ1v) is 6.02. The summed E-state index contributed by atoms with van der Waals surface area (Å²) in [4.78, 5) is 11.5. The molecule has 1 aromatic rings. The van der Waals surface area contributed by atoms with E-state index in [1.165, 1.54) is 0 Å². The van der Waals surface area contributed by atoms with Gasteiger partial charge >= 0.3 is 0 Å². The highest BCUT2D eigenvalue weighted by molar-refractivity contribution is 5.77. The van der Waals surface area contributed by atoms with E-state index in [1.54, 1.807) is 0 Å². The van der Waals surface area contributed by atoms with Crippen molar-refractivity contribution in [3.8, 4) is 5.75 Å². The highest BCUT2D eigenvalue weighted by atomic mass is 16.7. The summed E-state index contributed by atoms with van der Waals surface area (Å²) in [6.07, 6.45) is 0.484. The van der Waals surface area contributed by atoms with Crippen LogP contribution in [0.25, 0.3) is 0 Å². The van der Waals surface area contributed by atoms with Crippen LogP contribution in [0.1, 0.15) is 6.42 Å². The van der Waals surface area contributed by atoms with Crippen molar-refractivity contribution >= 4 is 5.91 Å². The molecule has 0 saturated carbocycles. The first-order chi connectivity index (χ1) is 8.84. The molecule has 0 atom stereocenters. The Morgan fingerprint density at radius 1 is 1.28 bits per heavy atom. The van der Waals surface area contributed by atoms with Gasteiger partial charge in [0.25, 0.3) is 5.91 Å². The number of hydrogen-bond acceptors (Lipinski definition) is 4. The summed E-state index contributed by atoms with van der Waals surface area (Å²) < 4.78 is 15.8. The lowest BCUT2D eigenvalue weighted by Crippen LogP contribution is -2.31. The van der Waals surface area contributed by atoms with Crippen LogP contribution < -0.4 is 10.1 Å². The number of hydrogen-bond donors (Lipinski definition) is 1. The van der Waals surface area contributed by atoms with Gasteiger partial charge in [0.15, 0.2) is 12.9 Å². The molecular weight excluding hydrogens is 234 g/mol. The summed E-state index contributed by atoms with van der Waals surface area (Å²) >= 11 is 0. The van der Waals surface area contributed by atoms with Crippen LogP contribution in [0.15, 0.2) is 30.3 Å². The van der Waals surface area contributed by atoms with Gasteiger partial charge in [0.05, 0.1) is 13.2 Å². The van der Waals surface area contributed by atoms with E-state index >= 15 is 0 Å². The number of amides is 1.